The van der Waals surface area contributed by atoms with Crippen molar-refractivity contribution < 1.29 is 4.79 Å². The van der Waals surface area contributed by atoms with E-state index in [0.29, 0.717) is 30.7 Å². The highest BCUT2D eigenvalue weighted by Gasteiger charge is 2.27. The van der Waals surface area contributed by atoms with Crippen LogP contribution in [0, 0.1) is 6.92 Å². The van der Waals surface area contributed by atoms with Crippen LogP contribution in [0.15, 0.2) is 35.5 Å². The van der Waals surface area contributed by atoms with Crippen LogP contribution < -0.4 is 5.43 Å². The first kappa shape index (κ1) is 17.4. The van der Waals surface area contributed by atoms with Crippen molar-refractivity contribution in [3.05, 3.63) is 52.2 Å². The quantitative estimate of drug-likeness (QED) is 0.705. The number of carbonyl (C=O) groups excluding carboxylic acids is 1. The summed E-state index contributed by atoms with van der Waals surface area (Å²) >= 11 is 0. The maximum atomic E-state index is 13.0. The summed E-state index contributed by atoms with van der Waals surface area (Å²) in [5, 5.41) is 8.39. The van der Waals surface area contributed by atoms with E-state index < -0.39 is 0 Å². The molecule has 4 rings (SSSR count). The largest absolute Gasteiger partial charge is 0.338 e. The molecule has 1 saturated heterocycles. The highest BCUT2D eigenvalue weighted by atomic mass is 16.2. The van der Waals surface area contributed by atoms with E-state index in [0.717, 1.165) is 18.5 Å². The fourth-order valence-electron chi connectivity index (χ4n) is 3.67. The van der Waals surface area contributed by atoms with Gasteiger partial charge in [-0.25, -0.2) is 9.67 Å². The van der Waals surface area contributed by atoms with Crippen molar-refractivity contribution in [2.45, 2.75) is 39.3 Å². The molecule has 0 saturated carbocycles. The Labute approximate surface area is 156 Å². The minimum atomic E-state index is -0.245. The zero-order valence-corrected chi connectivity index (χ0v) is 15.5. The van der Waals surface area contributed by atoms with Crippen LogP contribution in [0.3, 0.4) is 0 Å². The van der Waals surface area contributed by atoms with Gasteiger partial charge in [-0.05, 0) is 38.8 Å². The van der Waals surface area contributed by atoms with Crippen LogP contribution in [-0.4, -0.2) is 48.4 Å². The van der Waals surface area contributed by atoms with Crippen molar-refractivity contribution in [1.29, 1.82) is 0 Å². The molecule has 0 radical (unpaired) electrons. The van der Waals surface area contributed by atoms with Gasteiger partial charge in [0.05, 0.1) is 17.6 Å². The summed E-state index contributed by atoms with van der Waals surface area (Å²) in [4.78, 5) is 32.2. The van der Waals surface area contributed by atoms with E-state index >= 15 is 0 Å². The summed E-state index contributed by atoms with van der Waals surface area (Å²) in [6.45, 7) is 5.70. The molecular formula is C19H22N6O2. The van der Waals surface area contributed by atoms with Crippen LogP contribution in [0.5, 0.6) is 0 Å². The molecule has 0 atom stereocenters. The van der Waals surface area contributed by atoms with Crippen LogP contribution >= 0.6 is 0 Å². The summed E-state index contributed by atoms with van der Waals surface area (Å²) in [7, 11) is 0. The highest BCUT2D eigenvalue weighted by molar-refractivity contribution is 5.97. The molecule has 3 aromatic heterocycles. The SMILES string of the molecule is CCn1cc(C(=O)N2CCC(n3ccnn3)CC2)c(=O)c2ccc(C)nc21. The predicted molar refractivity (Wildman–Crippen MR) is 101 cm³/mol. The standard InChI is InChI=1S/C19H22N6O2/c1-3-23-12-16(17(26)15-5-4-13(2)21-18(15)23)19(27)24-9-6-14(7-10-24)25-11-8-20-22-25/h4-5,8,11-12,14H,3,6-7,9-10H2,1-2H3. The van der Waals surface area contributed by atoms with Crippen molar-refractivity contribution in [2.75, 3.05) is 13.1 Å². The number of hydrogen-bond donors (Lipinski definition) is 0. The molecule has 0 N–H and O–H groups in total. The van der Waals surface area contributed by atoms with E-state index in [1.54, 1.807) is 23.4 Å². The average Bonchev–Trinajstić information content (AvgIpc) is 3.23. The minimum Gasteiger partial charge on any atom is -0.338 e. The van der Waals surface area contributed by atoms with E-state index in [1.165, 1.54) is 0 Å². The number of piperidine rings is 1. The number of pyridine rings is 2. The molecule has 1 aliphatic rings. The van der Waals surface area contributed by atoms with Gasteiger partial charge in [0.15, 0.2) is 0 Å². The molecule has 1 fully saturated rings. The fourth-order valence-corrected chi connectivity index (χ4v) is 3.67. The van der Waals surface area contributed by atoms with Crippen molar-refractivity contribution in [1.82, 2.24) is 29.4 Å². The van der Waals surface area contributed by atoms with Gasteiger partial charge >= 0.3 is 0 Å². The van der Waals surface area contributed by atoms with Crippen LogP contribution in [0.1, 0.15) is 41.9 Å². The molecule has 27 heavy (non-hydrogen) atoms. The molecule has 3 aromatic rings. The normalized spacial score (nSPS) is 15.4. The van der Waals surface area contributed by atoms with Crippen LogP contribution in [-0.2, 0) is 6.54 Å². The first-order valence-electron chi connectivity index (χ1n) is 9.24. The second kappa shape index (κ2) is 6.94. The lowest BCUT2D eigenvalue weighted by atomic mass is 10.0. The first-order valence-corrected chi connectivity index (χ1v) is 9.24. The Hall–Kier alpha value is -3.03. The number of aromatic nitrogens is 5. The number of likely N-dealkylation sites (tertiary alicyclic amines) is 1. The van der Waals surface area contributed by atoms with E-state index in [4.69, 9.17) is 0 Å². The van der Waals surface area contributed by atoms with Crippen molar-refractivity contribution in [3.63, 3.8) is 0 Å². The lowest BCUT2D eigenvalue weighted by molar-refractivity contribution is 0.0687. The van der Waals surface area contributed by atoms with Gasteiger partial charge in [-0.1, -0.05) is 5.21 Å². The number of hydrogen-bond acceptors (Lipinski definition) is 5. The Morgan fingerprint density at radius 2 is 2.04 bits per heavy atom. The Morgan fingerprint density at radius 3 is 2.70 bits per heavy atom. The van der Waals surface area contributed by atoms with Gasteiger partial charge in [0.25, 0.3) is 5.91 Å². The molecule has 8 heteroatoms. The van der Waals surface area contributed by atoms with Crippen molar-refractivity contribution >= 4 is 16.9 Å². The molecule has 0 spiro atoms. The molecule has 0 bridgehead atoms. The van der Waals surface area contributed by atoms with E-state index in [1.807, 2.05) is 35.4 Å². The topological polar surface area (TPSA) is 85.9 Å². The maximum absolute atomic E-state index is 13.0. The Morgan fingerprint density at radius 1 is 1.26 bits per heavy atom. The Bertz CT molecular complexity index is 1030. The summed E-state index contributed by atoms with van der Waals surface area (Å²) in [5.41, 5.74) is 1.45. The molecule has 8 nitrogen and oxygen atoms in total. The van der Waals surface area contributed by atoms with Gasteiger partial charge in [0.1, 0.15) is 11.2 Å². The van der Waals surface area contributed by atoms with E-state index in [-0.39, 0.29) is 22.9 Å². The number of fused-ring (bicyclic) bond motifs is 1. The highest BCUT2D eigenvalue weighted by Crippen LogP contribution is 2.22. The minimum absolute atomic E-state index is 0.207. The third kappa shape index (κ3) is 3.11. The molecule has 0 aromatic carbocycles. The molecule has 1 amide bonds. The second-order valence-corrected chi connectivity index (χ2v) is 6.89. The molecule has 140 valence electrons. The van der Waals surface area contributed by atoms with Gasteiger partial charge < -0.3 is 9.47 Å². The molecular weight excluding hydrogens is 344 g/mol. The van der Waals surface area contributed by atoms with E-state index in [9.17, 15) is 9.59 Å². The lowest BCUT2D eigenvalue weighted by Gasteiger charge is -2.31. The number of rotatable bonds is 3. The van der Waals surface area contributed by atoms with Crippen molar-refractivity contribution in [3.8, 4) is 0 Å². The zero-order chi connectivity index (χ0) is 19.0. The van der Waals surface area contributed by atoms with Gasteiger partial charge in [-0.2, -0.15) is 0 Å². The number of amides is 1. The molecule has 4 heterocycles. The third-order valence-corrected chi connectivity index (χ3v) is 5.20. The zero-order valence-electron chi connectivity index (χ0n) is 15.5. The third-order valence-electron chi connectivity index (χ3n) is 5.20. The van der Waals surface area contributed by atoms with Gasteiger partial charge in [-0.15, -0.1) is 5.10 Å². The Kier molecular flexibility index (Phi) is 4.47. The summed E-state index contributed by atoms with van der Waals surface area (Å²) < 4.78 is 3.72. The summed E-state index contributed by atoms with van der Waals surface area (Å²) in [6, 6.07) is 3.81. The van der Waals surface area contributed by atoms with Crippen LogP contribution in [0.25, 0.3) is 11.0 Å². The van der Waals surface area contributed by atoms with Crippen LogP contribution in [0.4, 0.5) is 0 Å². The summed E-state index contributed by atoms with van der Waals surface area (Å²) in [5.74, 6) is -0.207. The second-order valence-electron chi connectivity index (χ2n) is 6.89. The average molecular weight is 366 g/mol. The number of aryl methyl sites for hydroxylation is 2. The molecule has 1 aliphatic heterocycles. The lowest BCUT2D eigenvalue weighted by Crippen LogP contribution is -2.41. The van der Waals surface area contributed by atoms with Crippen LogP contribution in [0.2, 0.25) is 0 Å². The van der Waals surface area contributed by atoms with Crippen molar-refractivity contribution in [2.24, 2.45) is 0 Å². The van der Waals surface area contributed by atoms with E-state index in [2.05, 4.69) is 15.3 Å². The maximum Gasteiger partial charge on any atom is 0.259 e. The van der Waals surface area contributed by atoms with Gasteiger partial charge in [-0.3, -0.25) is 9.59 Å². The van der Waals surface area contributed by atoms with Gasteiger partial charge in [0, 0.05) is 37.7 Å². The fraction of sp³-hybridized carbons (Fsp3) is 0.421. The first-order chi connectivity index (χ1) is 13.1. The Balaban J connectivity index is 1.62. The molecule has 0 unspecified atom stereocenters. The summed E-state index contributed by atoms with van der Waals surface area (Å²) in [6.07, 6.45) is 6.76. The smallest absolute Gasteiger partial charge is 0.259 e. The van der Waals surface area contributed by atoms with Gasteiger partial charge in [0.2, 0.25) is 5.43 Å². The molecule has 0 aliphatic carbocycles. The number of carbonyl (C=O) groups is 1. The number of nitrogens with zero attached hydrogens (tertiary/aromatic N) is 6. The predicted octanol–water partition coefficient (Wildman–Crippen LogP) is 1.79. The monoisotopic (exact) mass is 366 g/mol.